The van der Waals surface area contributed by atoms with E-state index in [9.17, 15) is 4.79 Å². The molecule has 2 atom stereocenters. The van der Waals surface area contributed by atoms with Crippen molar-refractivity contribution in [3.8, 4) is 0 Å². The maximum Gasteiger partial charge on any atom is 0.227 e. The molecule has 1 aromatic rings. The highest BCUT2D eigenvalue weighted by Crippen LogP contribution is 2.30. The van der Waals surface area contributed by atoms with Gasteiger partial charge in [0.15, 0.2) is 0 Å². The smallest absolute Gasteiger partial charge is 0.227 e. The summed E-state index contributed by atoms with van der Waals surface area (Å²) in [6.45, 7) is 2.25. The van der Waals surface area contributed by atoms with E-state index in [0.717, 1.165) is 30.5 Å². The zero-order chi connectivity index (χ0) is 12.3. The number of carbonyl (C=O) groups excluding carboxylic acids is 1. The van der Waals surface area contributed by atoms with Crippen molar-refractivity contribution in [2.75, 3.05) is 6.54 Å². The number of nitrogens with zero attached hydrogens (tertiary/aromatic N) is 1. The van der Waals surface area contributed by atoms with Gasteiger partial charge >= 0.3 is 0 Å². The van der Waals surface area contributed by atoms with Crippen molar-refractivity contribution in [3.05, 3.63) is 17.5 Å². The minimum atomic E-state index is -0.369. The molecule has 17 heavy (non-hydrogen) atoms. The standard InChI is InChI=1S/C12H19N3O2/c1-8(16)5-6-13-12(17)9-3-2-4-11-10(9)7-14-15-11/h7-9,16H,2-6H2,1H3,(H,13,17)(H,14,15). The lowest BCUT2D eigenvalue weighted by Crippen LogP contribution is -2.32. The number of aromatic nitrogens is 2. The highest BCUT2D eigenvalue weighted by atomic mass is 16.3. The Balaban J connectivity index is 1.93. The zero-order valence-corrected chi connectivity index (χ0v) is 10.1. The van der Waals surface area contributed by atoms with Gasteiger partial charge in [-0.25, -0.2) is 0 Å². The number of aromatic amines is 1. The number of nitrogens with one attached hydrogen (secondary N) is 2. The fraction of sp³-hybridized carbons (Fsp3) is 0.667. The van der Waals surface area contributed by atoms with E-state index in [4.69, 9.17) is 5.11 Å². The lowest BCUT2D eigenvalue weighted by atomic mass is 9.86. The molecule has 0 aromatic carbocycles. The average molecular weight is 237 g/mol. The number of hydrogen-bond donors (Lipinski definition) is 3. The Morgan fingerprint density at radius 2 is 2.59 bits per heavy atom. The first-order chi connectivity index (χ1) is 8.18. The predicted molar refractivity (Wildman–Crippen MR) is 63.6 cm³/mol. The Labute approximate surface area is 101 Å². The van der Waals surface area contributed by atoms with Crippen molar-refractivity contribution in [2.45, 2.75) is 44.6 Å². The molecule has 0 saturated carbocycles. The molecule has 0 saturated heterocycles. The van der Waals surface area contributed by atoms with Crippen LogP contribution >= 0.6 is 0 Å². The summed E-state index contributed by atoms with van der Waals surface area (Å²) in [6, 6.07) is 0. The molecular weight excluding hydrogens is 218 g/mol. The van der Waals surface area contributed by atoms with E-state index in [1.54, 1.807) is 13.1 Å². The minimum absolute atomic E-state index is 0.0491. The summed E-state index contributed by atoms with van der Waals surface area (Å²) in [6.07, 6.45) is 4.86. The number of aryl methyl sites for hydroxylation is 1. The molecule has 94 valence electrons. The molecule has 1 amide bonds. The van der Waals surface area contributed by atoms with Gasteiger partial charge in [0.1, 0.15) is 0 Å². The van der Waals surface area contributed by atoms with Gasteiger partial charge in [-0.1, -0.05) is 0 Å². The van der Waals surface area contributed by atoms with Crippen LogP contribution < -0.4 is 5.32 Å². The first-order valence-electron chi connectivity index (χ1n) is 6.16. The summed E-state index contributed by atoms with van der Waals surface area (Å²) < 4.78 is 0. The number of H-pyrrole nitrogens is 1. The number of aliphatic hydroxyl groups is 1. The van der Waals surface area contributed by atoms with E-state index in [0.29, 0.717) is 13.0 Å². The lowest BCUT2D eigenvalue weighted by Gasteiger charge is -2.21. The first-order valence-corrected chi connectivity index (χ1v) is 6.16. The van der Waals surface area contributed by atoms with Gasteiger partial charge in [0.25, 0.3) is 0 Å². The largest absolute Gasteiger partial charge is 0.393 e. The summed E-state index contributed by atoms with van der Waals surface area (Å²) >= 11 is 0. The summed E-state index contributed by atoms with van der Waals surface area (Å²) in [5.41, 5.74) is 2.12. The van der Waals surface area contributed by atoms with Crippen LogP contribution in [-0.4, -0.2) is 33.9 Å². The van der Waals surface area contributed by atoms with Crippen LogP contribution in [0.15, 0.2) is 6.20 Å². The third-order valence-corrected chi connectivity index (χ3v) is 3.22. The quantitative estimate of drug-likeness (QED) is 0.722. The second kappa shape index (κ2) is 5.31. The van der Waals surface area contributed by atoms with Crippen LogP contribution in [-0.2, 0) is 11.2 Å². The van der Waals surface area contributed by atoms with Gasteiger partial charge in [0.05, 0.1) is 18.2 Å². The second-order valence-corrected chi connectivity index (χ2v) is 4.68. The van der Waals surface area contributed by atoms with Crippen molar-refractivity contribution in [3.63, 3.8) is 0 Å². The normalized spacial score (nSPS) is 20.7. The second-order valence-electron chi connectivity index (χ2n) is 4.68. The number of hydrogen-bond acceptors (Lipinski definition) is 3. The van der Waals surface area contributed by atoms with Crippen molar-refractivity contribution in [2.24, 2.45) is 0 Å². The van der Waals surface area contributed by atoms with E-state index in [2.05, 4.69) is 15.5 Å². The van der Waals surface area contributed by atoms with Gasteiger partial charge in [0.2, 0.25) is 5.91 Å². The van der Waals surface area contributed by atoms with Gasteiger partial charge in [-0.2, -0.15) is 5.10 Å². The summed E-state index contributed by atoms with van der Waals surface area (Å²) in [7, 11) is 0. The Morgan fingerprint density at radius 3 is 3.35 bits per heavy atom. The van der Waals surface area contributed by atoms with Crippen molar-refractivity contribution < 1.29 is 9.90 Å². The molecule has 0 aliphatic heterocycles. The van der Waals surface area contributed by atoms with E-state index < -0.39 is 0 Å². The Morgan fingerprint density at radius 1 is 1.76 bits per heavy atom. The molecule has 2 unspecified atom stereocenters. The maximum absolute atomic E-state index is 12.0. The molecule has 0 radical (unpaired) electrons. The van der Waals surface area contributed by atoms with Crippen molar-refractivity contribution in [1.82, 2.24) is 15.5 Å². The Kier molecular flexibility index (Phi) is 3.78. The number of amides is 1. The molecule has 5 heteroatoms. The molecule has 0 bridgehead atoms. The maximum atomic E-state index is 12.0. The predicted octanol–water partition coefficient (Wildman–Crippen LogP) is 0.717. The van der Waals surface area contributed by atoms with Crippen LogP contribution in [0, 0.1) is 0 Å². The van der Waals surface area contributed by atoms with Crippen LogP contribution in [0.5, 0.6) is 0 Å². The van der Waals surface area contributed by atoms with Crippen LogP contribution in [0.4, 0.5) is 0 Å². The molecule has 5 nitrogen and oxygen atoms in total. The summed E-state index contributed by atoms with van der Waals surface area (Å²) in [5.74, 6) is -0.0282. The highest BCUT2D eigenvalue weighted by molar-refractivity contribution is 5.84. The molecule has 1 aliphatic carbocycles. The lowest BCUT2D eigenvalue weighted by molar-refractivity contribution is -0.122. The van der Waals surface area contributed by atoms with Gasteiger partial charge in [-0.05, 0) is 32.6 Å². The van der Waals surface area contributed by atoms with E-state index in [1.165, 1.54) is 0 Å². The van der Waals surface area contributed by atoms with E-state index in [1.807, 2.05) is 0 Å². The summed E-state index contributed by atoms with van der Waals surface area (Å²) in [4.78, 5) is 12.0. The van der Waals surface area contributed by atoms with Gasteiger partial charge in [0, 0.05) is 17.8 Å². The van der Waals surface area contributed by atoms with Crippen LogP contribution in [0.2, 0.25) is 0 Å². The minimum Gasteiger partial charge on any atom is -0.393 e. The third-order valence-electron chi connectivity index (χ3n) is 3.22. The molecule has 3 N–H and O–H groups in total. The first kappa shape index (κ1) is 12.1. The van der Waals surface area contributed by atoms with Gasteiger partial charge in [-0.15, -0.1) is 0 Å². The highest BCUT2D eigenvalue weighted by Gasteiger charge is 2.27. The van der Waals surface area contributed by atoms with Crippen molar-refractivity contribution in [1.29, 1.82) is 0 Å². The van der Waals surface area contributed by atoms with Crippen LogP contribution in [0.1, 0.15) is 43.4 Å². The van der Waals surface area contributed by atoms with Crippen LogP contribution in [0.3, 0.4) is 0 Å². The van der Waals surface area contributed by atoms with E-state index in [-0.39, 0.29) is 17.9 Å². The molecule has 1 aromatic heterocycles. The van der Waals surface area contributed by atoms with Gasteiger partial charge in [-0.3, -0.25) is 9.89 Å². The van der Waals surface area contributed by atoms with Gasteiger partial charge < -0.3 is 10.4 Å². The van der Waals surface area contributed by atoms with Crippen molar-refractivity contribution >= 4 is 5.91 Å². The monoisotopic (exact) mass is 237 g/mol. The molecule has 2 rings (SSSR count). The van der Waals surface area contributed by atoms with Crippen LogP contribution in [0.25, 0.3) is 0 Å². The number of rotatable bonds is 4. The third kappa shape index (κ3) is 2.85. The fourth-order valence-corrected chi connectivity index (χ4v) is 2.26. The molecular formula is C12H19N3O2. The number of fused-ring (bicyclic) bond motifs is 1. The molecule has 0 fully saturated rings. The molecule has 0 spiro atoms. The fourth-order valence-electron chi connectivity index (χ4n) is 2.26. The number of aliphatic hydroxyl groups excluding tert-OH is 1. The topological polar surface area (TPSA) is 78.0 Å². The Hall–Kier alpha value is -1.36. The summed E-state index contributed by atoms with van der Waals surface area (Å²) in [5, 5.41) is 19.0. The number of carbonyl (C=O) groups is 1. The zero-order valence-electron chi connectivity index (χ0n) is 10.1. The molecule has 1 aliphatic rings. The van der Waals surface area contributed by atoms with E-state index >= 15 is 0 Å². The SMILES string of the molecule is CC(O)CCNC(=O)C1CCCc2[nH]ncc21. The average Bonchev–Trinajstić information content (AvgIpc) is 2.75. The molecule has 1 heterocycles. The Bertz CT molecular complexity index is 387.